The fraction of sp³-hybridized carbons (Fsp3) is 0.158. The maximum Gasteiger partial charge on any atom is 0.573 e. The molecule has 0 unspecified atom stereocenters. The van der Waals surface area contributed by atoms with Gasteiger partial charge in [0.1, 0.15) is 11.6 Å². The van der Waals surface area contributed by atoms with E-state index < -0.39 is 6.36 Å². The number of aliphatic hydroxyl groups excluding tert-OH is 1. The van der Waals surface area contributed by atoms with Crippen LogP contribution in [0.4, 0.5) is 30.6 Å². The smallest absolute Gasteiger partial charge is 0.406 e. The first kappa shape index (κ1) is 21.9. The lowest BCUT2D eigenvalue weighted by Crippen LogP contribution is -2.17. The minimum atomic E-state index is -4.81. The Balaban J connectivity index is 1.96. The van der Waals surface area contributed by atoms with Crippen molar-refractivity contribution in [3.8, 4) is 17.0 Å². The molecule has 3 aromatic rings. The maximum absolute atomic E-state index is 12.5. The molecular formula is C19H15Cl2F3N4O2. The SMILES string of the molecule is OCCNc1nc(Nc2ccc(Cl)c(Cl)c2)cc(-c2cccc(OC(F)(F)F)c2)n1. The predicted molar refractivity (Wildman–Crippen MR) is 109 cm³/mol. The minimum absolute atomic E-state index is 0.155. The van der Waals surface area contributed by atoms with Crippen molar-refractivity contribution in [2.24, 2.45) is 0 Å². The summed E-state index contributed by atoms with van der Waals surface area (Å²) < 4.78 is 41.6. The van der Waals surface area contributed by atoms with E-state index in [1.54, 1.807) is 30.3 Å². The molecule has 3 N–H and O–H groups in total. The van der Waals surface area contributed by atoms with Crippen LogP contribution in [0.15, 0.2) is 48.5 Å². The predicted octanol–water partition coefficient (Wildman–Crippen LogP) is 5.50. The zero-order chi connectivity index (χ0) is 21.7. The van der Waals surface area contributed by atoms with Crippen molar-refractivity contribution >= 4 is 40.7 Å². The zero-order valence-electron chi connectivity index (χ0n) is 15.2. The normalized spacial score (nSPS) is 11.3. The minimum Gasteiger partial charge on any atom is -0.406 e. The van der Waals surface area contributed by atoms with E-state index in [9.17, 15) is 13.2 Å². The van der Waals surface area contributed by atoms with Crippen LogP contribution in [-0.4, -0.2) is 34.6 Å². The van der Waals surface area contributed by atoms with Crippen LogP contribution < -0.4 is 15.4 Å². The lowest BCUT2D eigenvalue weighted by Gasteiger charge is -2.13. The molecule has 0 atom stereocenters. The first-order valence-electron chi connectivity index (χ1n) is 8.55. The van der Waals surface area contributed by atoms with Gasteiger partial charge in [0.2, 0.25) is 5.95 Å². The number of benzene rings is 2. The Morgan fingerprint density at radius 3 is 2.50 bits per heavy atom. The Bertz CT molecular complexity index is 1030. The number of nitrogens with one attached hydrogen (secondary N) is 2. The highest BCUT2D eigenvalue weighted by atomic mass is 35.5. The van der Waals surface area contributed by atoms with E-state index >= 15 is 0 Å². The molecule has 0 amide bonds. The largest absolute Gasteiger partial charge is 0.573 e. The van der Waals surface area contributed by atoms with Crippen molar-refractivity contribution in [2.75, 3.05) is 23.8 Å². The molecule has 30 heavy (non-hydrogen) atoms. The molecule has 0 spiro atoms. The molecule has 2 aromatic carbocycles. The van der Waals surface area contributed by atoms with E-state index in [1.165, 1.54) is 18.2 Å². The summed E-state index contributed by atoms with van der Waals surface area (Å²) in [5, 5.41) is 15.6. The molecule has 1 aromatic heterocycles. The van der Waals surface area contributed by atoms with E-state index in [-0.39, 0.29) is 24.8 Å². The number of ether oxygens (including phenoxy) is 1. The van der Waals surface area contributed by atoms with Crippen molar-refractivity contribution in [1.29, 1.82) is 0 Å². The van der Waals surface area contributed by atoms with Gasteiger partial charge in [0, 0.05) is 23.9 Å². The fourth-order valence-electron chi connectivity index (χ4n) is 2.48. The van der Waals surface area contributed by atoms with E-state index in [4.69, 9.17) is 28.3 Å². The van der Waals surface area contributed by atoms with Gasteiger partial charge in [-0.2, -0.15) is 4.98 Å². The first-order valence-corrected chi connectivity index (χ1v) is 9.31. The van der Waals surface area contributed by atoms with Crippen molar-refractivity contribution in [2.45, 2.75) is 6.36 Å². The van der Waals surface area contributed by atoms with Crippen LogP contribution in [0.3, 0.4) is 0 Å². The molecule has 0 bridgehead atoms. The zero-order valence-corrected chi connectivity index (χ0v) is 16.7. The maximum atomic E-state index is 12.5. The molecular weight excluding hydrogens is 444 g/mol. The summed E-state index contributed by atoms with van der Waals surface area (Å²) in [5.41, 5.74) is 1.31. The van der Waals surface area contributed by atoms with E-state index in [1.807, 2.05) is 0 Å². The second-order valence-corrected chi connectivity index (χ2v) is 6.76. The van der Waals surface area contributed by atoms with Crippen molar-refractivity contribution in [3.63, 3.8) is 0 Å². The van der Waals surface area contributed by atoms with Gasteiger partial charge >= 0.3 is 6.36 Å². The molecule has 0 saturated heterocycles. The average molecular weight is 459 g/mol. The lowest BCUT2D eigenvalue weighted by molar-refractivity contribution is -0.274. The van der Waals surface area contributed by atoms with Crippen LogP contribution in [0, 0.1) is 0 Å². The number of aliphatic hydroxyl groups is 1. The summed E-state index contributed by atoms with van der Waals surface area (Å²) in [6.07, 6.45) is -4.81. The third-order valence-corrected chi connectivity index (χ3v) is 4.42. The number of aromatic nitrogens is 2. The van der Waals surface area contributed by atoms with Crippen LogP contribution in [0.25, 0.3) is 11.3 Å². The van der Waals surface area contributed by atoms with Gasteiger partial charge in [-0.25, -0.2) is 4.98 Å². The Labute approximate surface area is 179 Å². The van der Waals surface area contributed by atoms with Gasteiger partial charge in [-0.05, 0) is 30.3 Å². The monoisotopic (exact) mass is 458 g/mol. The van der Waals surface area contributed by atoms with Gasteiger partial charge in [0.25, 0.3) is 0 Å². The number of hydrogen-bond acceptors (Lipinski definition) is 6. The van der Waals surface area contributed by atoms with Crippen LogP contribution in [-0.2, 0) is 0 Å². The van der Waals surface area contributed by atoms with E-state index in [2.05, 4.69) is 25.3 Å². The van der Waals surface area contributed by atoms with Gasteiger partial charge in [0.05, 0.1) is 22.3 Å². The summed E-state index contributed by atoms with van der Waals surface area (Å²) in [7, 11) is 0. The molecule has 1 heterocycles. The fourth-order valence-corrected chi connectivity index (χ4v) is 2.78. The Morgan fingerprint density at radius 1 is 1.00 bits per heavy atom. The van der Waals surface area contributed by atoms with Gasteiger partial charge in [-0.3, -0.25) is 0 Å². The third-order valence-electron chi connectivity index (χ3n) is 3.68. The number of anilines is 3. The van der Waals surface area contributed by atoms with Gasteiger partial charge < -0.3 is 20.5 Å². The van der Waals surface area contributed by atoms with Crippen LogP contribution >= 0.6 is 23.2 Å². The van der Waals surface area contributed by atoms with E-state index in [0.29, 0.717) is 32.8 Å². The number of alkyl halides is 3. The van der Waals surface area contributed by atoms with Crippen molar-refractivity contribution < 1.29 is 23.0 Å². The average Bonchev–Trinajstić information content (AvgIpc) is 2.68. The third kappa shape index (κ3) is 6.12. The highest BCUT2D eigenvalue weighted by Gasteiger charge is 2.31. The Kier molecular flexibility index (Phi) is 6.86. The molecule has 0 aliphatic carbocycles. The van der Waals surface area contributed by atoms with Crippen LogP contribution in [0.2, 0.25) is 10.0 Å². The summed E-state index contributed by atoms with van der Waals surface area (Å²) in [5.74, 6) is 0.148. The molecule has 0 saturated carbocycles. The molecule has 6 nitrogen and oxygen atoms in total. The summed E-state index contributed by atoms with van der Waals surface area (Å²) in [6.45, 7) is 0.0327. The lowest BCUT2D eigenvalue weighted by atomic mass is 10.1. The quantitative estimate of drug-likeness (QED) is 0.433. The van der Waals surface area contributed by atoms with Crippen molar-refractivity contribution in [1.82, 2.24) is 9.97 Å². The summed E-state index contributed by atoms with van der Waals surface area (Å²) in [4.78, 5) is 8.59. The van der Waals surface area contributed by atoms with Crippen LogP contribution in [0.1, 0.15) is 0 Å². The molecule has 0 fully saturated rings. The van der Waals surface area contributed by atoms with E-state index in [0.717, 1.165) is 0 Å². The van der Waals surface area contributed by atoms with Gasteiger partial charge in [0.15, 0.2) is 0 Å². The number of rotatable bonds is 7. The molecule has 11 heteroatoms. The standard InChI is InChI=1S/C19H15Cl2F3N4O2/c20-14-5-4-12(9-15(14)21)26-17-10-16(27-18(28-17)25-6-7-29)11-2-1-3-13(8-11)30-19(22,23)24/h1-5,8-10,29H,6-7H2,(H2,25,26,27,28). The van der Waals surface area contributed by atoms with Crippen LogP contribution in [0.5, 0.6) is 5.75 Å². The summed E-state index contributed by atoms with van der Waals surface area (Å²) in [6, 6.07) is 11.9. The highest BCUT2D eigenvalue weighted by molar-refractivity contribution is 6.42. The second kappa shape index (κ2) is 9.38. The molecule has 0 aliphatic rings. The Morgan fingerprint density at radius 2 is 1.80 bits per heavy atom. The molecule has 0 radical (unpaired) electrons. The highest BCUT2D eigenvalue weighted by Crippen LogP contribution is 2.30. The van der Waals surface area contributed by atoms with Gasteiger partial charge in [-0.1, -0.05) is 35.3 Å². The Hall–Kier alpha value is -2.75. The second-order valence-electron chi connectivity index (χ2n) is 5.94. The molecule has 0 aliphatic heterocycles. The van der Waals surface area contributed by atoms with Crippen molar-refractivity contribution in [3.05, 3.63) is 58.6 Å². The number of hydrogen-bond donors (Lipinski definition) is 3. The topological polar surface area (TPSA) is 79.3 Å². The first-order chi connectivity index (χ1) is 14.2. The number of halogens is 5. The summed E-state index contributed by atoms with van der Waals surface area (Å²) >= 11 is 11.9. The molecule has 158 valence electrons. The molecule has 3 rings (SSSR count). The van der Waals surface area contributed by atoms with Gasteiger partial charge in [-0.15, -0.1) is 13.2 Å². The number of nitrogens with zero attached hydrogens (tertiary/aromatic N) is 2.